The predicted molar refractivity (Wildman–Crippen MR) is 57.3 cm³/mol. The van der Waals surface area contributed by atoms with Gasteiger partial charge in [-0.15, -0.1) is 0 Å². The average Bonchev–Trinajstić information content (AvgIpc) is 2.65. The molecule has 1 heterocycles. The number of hydrogen-bond acceptors (Lipinski definition) is 4. The van der Waals surface area contributed by atoms with Crippen molar-refractivity contribution in [2.75, 3.05) is 6.54 Å². The number of nitrogens with two attached hydrogens (primary N) is 1. The van der Waals surface area contributed by atoms with Gasteiger partial charge in [-0.1, -0.05) is 24.4 Å². The van der Waals surface area contributed by atoms with Gasteiger partial charge in [0.05, 0.1) is 0 Å². The molecule has 2 N–H and O–H groups in total. The van der Waals surface area contributed by atoms with Crippen LogP contribution in [-0.2, 0) is 6.42 Å². The minimum absolute atomic E-state index is 0.219. The number of nitrogens with zero attached hydrogens (tertiary/aromatic N) is 2. The van der Waals surface area contributed by atoms with E-state index in [0.29, 0.717) is 5.82 Å². The second kappa shape index (κ2) is 4.31. The Balaban J connectivity index is 2.06. The molecule has 0 spiro atoms. The van der Waals surface area contributed by atoms with E-state index in [9.17, 15) is 0 Å². The van der Waals surface area contributed by atoms with Gasteiger partial charge in [0.25, 0.3) is 0 Å². The third-order valence-corrected chi connectivity index (χ3v) is 3.44. The molecule has 2 rings (SSSR count). The summed E-state index contributed by atoms with van der Waals surface area (Å²) in [5.74, 6) is 1.47. The number of rotatable bonds is 3. The molecule has 0 atom stereocenters. The molecule has 0 unspecified atom stereocenters. The van der Waals surface area contributed by atoms with E-state index in [2.05, 4.69) is 10.1 Å². The van der Waals surface area contributed by atoms with E-state index in [4.69, 9.17) is 10.3 Å². The molecule has 0 saturated heterocycles. The first-order valence-electron chi connectivity index (χ1n) is 5.73. The van der Waals surface area contributed by atoms with Gasteiger partial charge < -0.3 is 10.3 Å². The van der Waals surface area contributed by atoms with E-state index in [-0.39, 0.29) is 5.41 Å². The molecule has 1 aliphatic rings. The molecule has 0 radical (unpaired) electrons. The second-order valence-corrected chi connectivity index (χ2v) is 4.68. The molecule has 1 aromatic heterocycles. The molecule has 1 fully saturated rings. The fourth-order valence-corrected chi connectivity index (χ4v) is 2.49. The van der Waals surface area contributed by atoms with Crippen molar-refractivity contribution in [3.05, 3.63) is 11.7 Å². The van der Waals surface area contributed by atoms with Crippen molar-refractivity contribution < 1.29 is 4.52 Å². The van der Waals surface area contributed by atoms with Gasteiger partial charge in [0.15, 0.2) is 5.82 Å². The molecule has 1 saturated carbocycles. The number of aromatic nitrogens is 2. The van der Waals surface area contributed by atoms with Crippen LogP contribution < -0.4 is 5.73 Å². The van der Waals surface area contributed by atoms with E-state index in [1.54, 1.807) is 0 Å². The Morgan fingerprint density at radius 1 is 1.33 bits per heavy atom. The zero-order chi connectivity index (χ0) is 10.7. The normalized spacial score (nSPS) is 20.4. The molecule has 4 heteroatoms. The lowest BCUT2D eigenvalue weighted by Gasteiger charge is -2.34. The monoisotopic (exact) mass is 209 g/mol. The fourth-order valence-electron chi connectivity index (χ4n) is 2.49. The van der Waals surface area contributed by atoms with Crippen molar-refractivity contribution >= 4 is 0 Å². The highest BCUT2D eigenvalue weighted by atomic mass is 16.5. The Bertz CT molecular complexity index is 315. The Morgan fingerprint density at radius 3 is 2.60 bits per heavy atom. The smallest absolute Gasteiger partial charge is 0.227 e. The van der Waals surface area contributed by atoms with Gasteiger partial charge in [-0.05, 0) is 31.7 Å². The third kappa shape index (κ3) is 2.37. The fraction of sp³-hybridized carbons (Fsp3) is 0.818. The predicted octanol–water partition coefficient (Wildman–Crippen LogP) is 1.83. The Kier molecular flexibility index (Phi) is 3.05. The summed E-state index contributed by atoms with van der Waals surface area (Å²) < 4.78 is 5.18. The lowest BCUT2D eigenvalue weighted by Crippen LogP contribution is -2.35. The van der Waals surface area contributed by atoms with Crippen molar-refractivity contribution in [2.24, 2.45) is 11.1 Å². The van der Waals surface area contributed by atoms with Gasteiger partial charge in [0.2, 0.25) is 5.89 Å². The SMILES string of the molecule is Cc1noc(CC2(CN)CCCCC2)n1. The molecule has 0 aliphatic heterocycles. The van der Waals surface area contributed by atoms with Gasteiger partial charge >= 0.3 is 0 Å². The maximum atomic E-state index is 5.90. The Labute approximate surface area is 90.2 Å². The topological polar surface area (TPSA) is 64.9 Å². The summed E-state index contributed by atoms with van der Waals surface area (Å²) in [6.07, 6.45) is 7.15. The summed E-state index contributed by atoms with van der Waals surface area (Å²) in [7, 11) is 0. The molecule has 1 aliphatic carbocycles. The highest BCUT2D eigenvalue weighted by molar-refractivity contribution is 4.94. The molecule has 1 aromatic rings. The van der Waals surface area contributed by atoms with Crippen LogP contribution in [0, 0.1) is 12.3 Å². The standard InChI is InChI=1S/C11H19N3O/c1-9-13-10(15-14-9)7-11(8-12)5-3-2-4-6-11/h2-8,12H2,1H3. The van der Waals surface area contributed by atoms with E-state index < -0.39 is 0 Å². The van der Waals surface area contributed by atoms with Gasteiger partial charge in [0.1, 0.15) is 0 Å². The summed E-state index contributed by atoms with van der Waals surface area (Å²) in [6.45, 7) is 2.58. The van der Waals surface area contributed by atoms with Crippen LogP contribution in [0.15, 0.2) is 4.52 Å². The lowest BCUT2D eigenvalue weighted by molar-refractivity contribution is 0.177. The molecule has 4 nitrogen and oxygen atoms in total. The van der Waals surface area contributed by atoms with Crippen molar-refractivity contribution in [2.45, 2.75) is 45.4 Å². The van der Waals surface area contributed by atoms with Crippen LogP contribution in [0.1, 0.15) is 43.8 Å². The maximum absolute atomic E-state index is 5.90. The highest BCUT2D eigenvalue weighted by Gasteiger charge is 2.32. The minimum atomic E-state index is 0.219. The number of aryl methyl sites for hydroxylation is 1. The van der Waals surface area contributed by atoms with Gasteiger partial charge in [-0.25, -0.2) is 0 Å². The summed E-state index contributed by atoms with van der Waals surface area (Å²) in [5, 5.41) is 3.82. The second-order valence-electron chi connectivity index (χ2n) is 4.68. The summed E-state index contributed by atoms with van der Waals surface area (Å²) >= 11 is 0. The molecule has 0 bridgehead atoms. The molecular weight excluding hydrogens is 190 g/mol. The van der Waals surface area contributed by atoms with Gasteiger partial charge in [-0.3, -0.25) is 0 Å². The average molecular weight is 209 g/mol. The first kappa shape index (κ1) is 10.6. The first-order chi connectivity index (χ1) is 7.24. The molecule has 0 amide bonds. The van der Waals surface area contributed by atoms with E-state index in [1.165, 1.54) is 32.1 Å². The summed E-state index contributed by atoms with van der Waals surface area (Å²) in [4.78, 5) is 4.26. The number of hydrogen-bond donors (Lipinski definition) is 1. The van der Waals surface area contributed by atoms with E-state index in [1.807, 2.05) is 6.92 Å². The van der Waals surface area contributed by atoms with Crippen LogP contribution in [0.3, 0.4) is 0 Å². The molecule has 84 valence electrons. The molecule has 0 aromatic carbocycles. The van der Waals surface area contributed by atoms with Crippen LogP contribution in [0.25, 0.3) is 0 Å². The van der Waals surface area contributed by atoms with Crippen molar-refractivity contribution in [3.63, 3.8) is 0 Å². The van der Waals surface area contributed by atoms with Crippen LogP contribution in [0.4, 0.5) is 0 Å². The van der Waals surface area contributed by atoms with Crippen molar-refractivity contribution in [1.82, 2.24) is 10.1 Å². The quantitative estimate of drug-likeness (QED) is 0.824. The van der Waals surface area contributed by atoms with Crippen LogP contribution in [0.5, 0.6) is 0 Å². The summed E-state index contributed by atoms with van der Waals surface area (Å²) in [6, 6.07) is 0. The zero-order valence-electron chi connectivity index (χ0n) is 9.33. The Hall–Kier alpha value is -0.900. The van der Waals surface area contributed by atoms with E-state index in [0.717, 1.165) is 18.9 Å². The van der Waals surface area contributed by atoms with Crippen LogP contribution >= 0.6 is 0 Å². The van der Waals surface area contributed by atoms with E-state index >= 15 is 0 Å². The van der Waals surface area contributed by atoms with Crippen molar-refractivity contribution in [3.8, 4) is 0 Å². The maximum Gasteiger partial charge on any atom is 0.227 e. The van der Waals surface area contributed by atoms with Gasteiger partial charge in [-0.2, -0.15) is 4.98 Å². The van der Waals surface area contributed by atoms with Gasteiger partial charge in [0, 0.05) is 6.42 Å². The third-order valence-electron chi connectivity index (χ3n) is 3.44. The van der Waals surface area contributed by atoms with Crippen LogP contribution in [0.2, 0.25) is 0 Å². The lowest BCUT2D eigenvalue weighted by atomic mass is 9.72. The largest absolute Gasteiger partial charge is 0.339 e. The zero-order valence-corrected chi connectivity index (χ0v) is 9.33. The van der Waals surface area contributed by atoms with Crippen LogP contribution in [-0.4, -0.2) is 16.7 Å². The highest BCUT2D eigenvalue weighted by Crippen LogP contribution is 2.37. The molecular formula is C11H19N3O. The molecule has 15 heavy (non-hydrogen) atoms. The summed E-state index contributed by atoms with van der Waals surface area (Å²) in [5.41, 5.74) is 6.12. The Morgan fingerprint density at radius 2 is 2.07 bits per heavy atom. The van der Waals surface area contributed by atoms with Crippen molar-refractivity contribution in [1.29, 1.82) is 0 Å². The first-order valence-corrected chi connectivity index (χ1v) is 5.73. The minimum Gasteiger partial charge on any atom is -0.339 e.